The number of rotatable bonds is 4. The fraction of sp³-hybridized carbons (Fsp3) is 0.0714. The molecule has 2 rings (SSSR count). The first-order chi connectivity index (χ1) is 8.77. The molecule has 2 aromatic carbocycles. The van der Waals surface area contributed by atoms with Gasteiger partial charge in [0, 0.05) is 11.1 Å². The van der Waals surface area contributed by atoms with Crippen LogP contribution in [0.15, 0.2) is 59.7 Å². The van der Waals surface area contributed by atoms with Crippen molar-refractivity contribution in [3.8, 4) is 0 Å². The normalized spacial score (nSPS) is 11.1. The Morgan fingerprint density at radius 3 is 2.33 bits per heavy atom. The number of anilines is 1. The summed E-state index contributed by atoms with van der Waals surface area (Å²) in [5.41, 5.74) is 3.99. The third-order valence-electron chi connectivity index (χ3n) is 2.40. The number of para-hydroxylation sites is 1. The Kier molecular flexibility index (Phi) is 4.02. The van der Waals surface area contributed by atoms with Crippen molar-refractivity contribution in [2.75, 3.05) is 5.43 Å². The molecule has 0 unspecified atom stereocenters. The minimum absolute atomic E-state index is 0.0175. The molecule has 0 aromatic heterocycles. The Bertz CT molecular complexity index is 524. The fourth-order valence-electron chi connectivity index (χ4n) is 1.52. The molecule has 0 spiro atoms. The highest BCUT2D eigenvalue weighted by Gasteiger charge is 2.09. The van der Waals surface area contributed by atoms with Crippen LogP contribution in [0.4, 0.5) is 14.5 Å². The first kappa shape index (κ1) is 12.2. The molecule has 2 nitrogen and oxygen atoms in total. The Morgan fingerprint density at radius 2 is 1.61 bits per heavy atom. The zero-order chi connectivity index (χ0) is 12.8. The number of benzene rings is 2. The Hall–Kier alpha value is -2.23. The molecule has 1 N–H and O–H groups in total. The van der Waals surface area contributed by atoms with E-state index in [0.29, 0.717) is 5.56 Å². The molecule has 92 valence electrons. The van der Waals surface area contributed by atoms with Crippen molar-refractivity contribution in [1.82, 2.24) is 0 Å². The largest absolute Gasteiger partial charge is 0.279 e. The maximum Gasteiger partial charge on any atom is 0.264 e. The lowest BCUT2D eigenvalue weighted by molar-refractivity contribution is 0.151. The average Bonchev–Trinajstić information content (AvgIpc) is 2.40. The summed E-state index contributed by atoms with van der Waals surface area (Å²) in [6.07, 6.45) is -1.10. The van der Waals surface area contributed by atoms with Crippen molar-refractivity contribution in [3.63, 3.8) is 0 Å². The van der Waals surface area contributed by atoms with Crippen LogP contribution in [-0.2, 0) is 0 Å². The van der Waals surface area contributed by atoms with Crippen LogP contribution in [0.5, 0.6) is 0 Å². The van der Waals surface area contributed by atoms with E-state index in [0.717, 1.165) is 5.69 Å². The van der Waals surface area contributed by atoms with Gasteiger partial charge in [0.15, 0.2) is 0 Å². The van der Waals surface area contributed by atoms with Crippen molar-refractivity contribution >= 4 is 11.9 Å². The number of halogens is 2. The molecule has 2 aromatic rings. The van der Waals surface area contributed by atoms with E-state index >= 15 is 0 Å². The minimum Gasteiger partial charge on any atom is -0.279 e. The fourth-order valence-corrected chi connectivity index (χ4v) is 1.52. The van der Waals surface area contributed by atoms with Crippen LogP contribution >= 0.6 is 0 Å². The standard InChI is InChI=1S/C14H12F2N2/c15-14(16)13-9-5-4-6-11(13)10-17-18-12-7-2-1-3-8-12/h1-10,14,18H. The Balaban J connectivity index is 2.10. The van der Waals surface area contributed by atoms with E-state index in [4.69, 9.17) is 0 Å². The van der Waals surface area contributed by atoms with Crippen LogP contribution in [0.2, 0.25) is 0 Å². The van der Waals surface area contributed by atoms with Crippen molar-refractivity contribution in [2.45, 2.75) is 6.43 Å². The van der Waals surface area contributed by atoms with Gasteiger partial charge >= 0.3 is 0 Å². The molecule has 0 amide bonds. The van der Waals surface area contributed by atoms with Gasteiger partial charge in [0.2, 0.25) is 0 Å². The van der Waals surface area contributed by atoms with Crippen molar-refractivity contribution in [3.05, 3.63) is 65.7 Å². The molecule has 0 atom stereocenters. The highest BCUT2D eigenvalue weighted by molar-refractivity contribution is 5.82. The molecule has 0 fully saturated rings. The Morgan fingerprint density at radius 1 is 0.944 bits per heavy atom. The van der Waals surface area contributed by atoms with Gasteiger partial charge in [-0.2, -0.15) is 5.10 Å². The molecule has 0 heterocycles. The molecular weight excluding hydrogens is 234 g/mol. The van der Waals surface area contributed by atoms with Gasteiger partial charge in [-0.05, 0) is 12.1 Å². The summed E-state index contributed by atoms with van der Waals surface area (Å²) < 4.78 is 25.4. The molecule has 18 heavy (non-hydrogen) atoms. The highest BCUT2D eigenvalue weighted by Crippen LogP contribution is 2.21. The van der Waals surface area contributed by atoms with E-state index in [9.17, 15) is 8.78 Å². The average molecular weight is 246 g/mol. The van der Waals surface area contributed by atoms with Gasteiger partial charge in [0.25, 0.3) is 6.43 Å². The predicted molar refractivity (Wildman–Crippen MR) is 69.1 cm³/mol. The lowest BCUT2D eigenvalue weighted by Gasteiger charge is -2.04. The molecule has 0 aliphatic carbocycles. The molecular formula is C14H12F2N2. The first-order valence-corrected chi connectivity index (χ1v) is 5.48. The number of hydrogen-bond donors (Lipinski definition) is 1. The molecule has 4 heteroatoms. The van der Waals surface area contributed by atoms with E-state index in [2.05, 4.69) is 10.5 Å². The molecule has 0 saturated heterocycles. The van der Waals surface area contributed by atoms with E-state index in [-0.39, 0.29) is 5.56 Å². The quantitative estimate of drug-likeness (QED) is 0.638. The highest BCUT2D eigenvalue weighted by atomic mass is 19.3. The van der Waals surface area contributed by atoms with E-state index in [1.807, 2.05) is 30.3 Å². The second kappa shape index (κ2) is 5.91. The number of hydrazone groups is 1. The third-order valence-corrected chi connectivity index (χ3v) is 2.40. The molecule has 0 aliphatic heterocycles. The summed E-state index contributed by atoms with van der Waals surface area (Å²) in [5.74, 6) is 0. The van der Waals surface area contributed by atoms with Crippen LogP contribution in [0.25, 0.3) is 0 Å². The maximum absolute atomic E-state index is 12.7. The van der Waals surface area contributed by atoms with E-state index < -0.39 is 6.43 Å². The molecule has 0 radical (unpaired) electrons. The van der Waals surface area contributed by atoms with Gasteiger partial charge in [0.05, 0.1) is 11.9 Å². The summed E-state index contributed by atoms with van der Waals surface area (Å²) in [6.45, 7) is 0. The molecule has 0 bridgehead atoms. The van der Waals surface area contributed by atoms with Crippen LogP contribution < -0.4 is 5.43 Å². The smallest absolute Gasteiger partial charge is 0.264 e. The van der Waals surface area contributed by atoms with E-state index in [1.54, 1.807) is 18.2 Å². The van der Waals surface area contributed by atoms with E-state index in [1.165, 1.54) is 12.3 Å². The van der Waals surface area contributed by atoms with Gasteiger partial charge in [0.1, 0.15) is 0 Å². The molecule has 0 aliphatic rings. The van der Waals surface area contributed by atoms with Crippen LogP contribution in [-0.4, -0.2) is 6.21 Å². The summed E-state index contributed by atoms with van der Waals surface area (Å²) >= 11 is 0. The van der Waals surface area contributed by atoms with Gasteiger partial charge in [-0.1, -0.05) is 42.5 Å². The Labute approximate surface area is 104 Å². The van der Waals surface area contributed by atoms with Gasteiger partial charge in [-0.25, -0.2) is 8.78 Å². The topological polar surface area (TPSA) is 24.4 Å². The summed E-state index contributed by atoms with van der Waals surface area (Å²) in [7, 11) is 0. The predicted octanol–water partition coefficient (Wildman–Crippen LogP) is 4.07. The van der Waals surface area contributed by atoms with Crippen molar-refractivity contribution < 1.29 is 8.78 Å². The van der Waals surface area contributed by atoms with Crippen LogP contribution in [0.1, 0.15) is 17.6 Å². The number of hydrogen-bond acceptors (Lipinski definition) is 2. The zero-order valence-electron chi connectivity index (χ0n) is 9.55. The van der Waals surface area contributed by atoms with Crippen molar-refractivity contribution in [2.24, 2.45) is 5.10 Å². The second-order valence-corrected chi connectivity index (χ2v) is 3.67. The van der Waals surface area contributed by atoms with Crippen LogP contribution in [0.3, 0.4) is 0 Å². The van der Waals surface area contributed by atoms with Crippen LogP contribution in [0, 0.1) is 0 Å². The maximum atomic E-state index is 12.7. The lowest BCUT2D eigenvalue weighted by atomic mass is 10.1. The van der Waals surface area contributed by atoms with Gasteiger partial charge in [-0.3, -0.25) is 5.43 Å². The summed E-state index contributed by atoms with van der Waals surface area (Å²) in [6, 6.07) is 15.6. The lowest BCUT2D eigenvalue weighted by Crippen LogP contribution is -1.95. The number of alkyl halides is 2. The number of nitrogens with zero attached hydrogens (tertiary/aromatic N) is 1. The first-order valence-electron chi connectivity index (χ1n) is 5.48. The van der Waals surface area contributed by atoms with Gasteiger partial charge in [-0.15, -0.1) is 0 Å². The van der Waals surface area contributed by atoms with Crippen molar-refractivity contribution in [1.29, 1.82) is 0 Å². The summed E-state index contributed by atoms with van der Waals surface area (Å²) in [5, 5.41) is 3.95. The SMILES string of the molecule is FC(F)c1ccccc1C=NNc1ccccc1. The zero-order valence-corrected chi connectivity index (χ0v) is 9.55. The number of nitrogens with one attached hydrogen (secondary N) is 1. The molecule has 0 saturated carbocycles. The summed E-state index contributed by atoms with van der Waals surface area (Å²) in [4.78, 5) is 0. The monoisotopic (exact) mass is 246 g/mol. The van der Waals surface area contributed by atoms with Gasteiger partial charge < -0.3 is 0 Å². The second-order valence-electron chi connectivity index (χ2n) is 3.67. The third kappa shape index (κ3) is 3.13. The minimum atomic E-state index is -2.50.